The zero-order valence-corrected chi connectivity index (χ0v) is 42.8. The van der Waals surface area contributed by atoms with Gasteiger partial charge in [-0.25, -0.2) is 0 Å². The van der Waals surface area contributed by atoms with E-state index < -0.39 is 247 Å². The van der Waals surface area contributed by atoms with E-state index >= 15 is 0 Å². The summed E-state index contributed by atoms with van der Waals surface area (Å²) < 4.78 is 64.0. The maximum absolute atomic E-state index is 12.7. The number of carbonyl (C=O) groups is 4. The van der Waals surface area contributed by atoms with Crippen LogP contribution in [-0.2, 0) is 71.3 Å². The van der Waals surface area contributed by atoms with E-state index in [0.29, 0.717) is 0 Å². The van der Waals surface area contributed by atoms with E-state index in [9.17, 15) is 101 Å². The van der Waals surface area contributed by atoms with Crippen LogP contribution in [0.3, 0.4) is 0 Å². The van der Waals surface area contributed by atoms with Crippen molar-refractivity contribution >= 4 is 23.6 Å². The second kappa shape index (κ2) is 28.4. The average Bonchev–Trinajstić information content (AvgIpc) is 3.54. The lowest BCUT2D eigenvalue weighted by Crippen LogP contribution is -2.72. The van der Waals surface area contributed by atoms with Crippen LogP contribution in [0.2, 0.25) is 0 Å². The molecule has 0 aromatic rings. The van der Waals surface area contributed by atoms with Crippen molar-refractivity contribution in [1.82, 2.24) is 21.3 Å². The summed E-state index contributed by atoms with van der Waals surface area (Å²) in [6.45, 7) is -1.64. The molecular weight excluding hydrogens is 1080 g/mol. The molecule has 6 heterocycles. The summed E-state index contributed by atoms with van der Waals surface area (Å²) >= 11 is 0. The fraction of sp³-hybridized carbons (Fsp3) is 0.909. The number of hydrogen-bond donors (Lipinski definition) is 20. The third kappa shape index (κ3) is 14.6. The van der Waals surface area contributed by atoms with Crippen LogP contribution in [0.4, 0.5) is 0 Å². The number of rotatable bonds is 20. The molecule has 79 heavy (non-hydrogen) atoms. The van der Waals surface area contributed by atoms with E-state index in [-0.39, 0.29) is 0 Å². The minimum atomic E-state index is -2.16. The molecule has 0 aromatic heterocycles. The second-order valence-corrected chi connectivity index (χ2v) is 19.7. The van der Waals surface area contributed by atoms with Gasteiger partial charge in [-0.15, -0.1) is 0 Å². The fourth-order valence-electron chi connectivity index (χ4n) is 10.1. The number of nitrogens with one attached hydrogen (secondary N) is 4. The molecule has 0 radical (unpaired) electrons. The summed E-state index contributed by atoms with van der Waals surface area (Å²) in [7, 11) is 0. The van der Waals surface area contributed by atoms with Crippen LogP contribution in [-0.4, -0.2) is 329 Å². The molecule has 0 saturated carbocycles. The van der Waals surface area contributed by atoms with Gasteiger partial charge in [-0.3, -0.25) is 19.2 Å². The molecule has 0 spiro atoms. The van der Waals surface area contributed by atoms with Crippen molar-refractivity contribution < 1.29 is 153 Å². The molecule has 4 amide bonds. The first-order chi connectivity index (χ1) is 37.3. The molecule has 456 valence electrons. The zero-order valence-electron chi connectivity index (χ0n) is 42.8. The smallest absolute Gasteiger partial charge is 0.217 e. The predicted octanol–water partition coefficient (Wildman–Crippen LogP) is -13.5. The van der Waals surface area contributed by atoms with Crippen LogP contribution in [0.5, 0.6) is 0 Å². The van der Waals surface area contributed by atoms with E-state index in [4.69, 9.17) is 52.1 Å². The first-order valence-electron chi connectivity index (χ1n) is 25.1. The summed E-state index contributed by atoms with van der Waals surface area (Å²) in [5.41, 5.74) is 0. The van der Waals surface area contributed by atoms with Crippen LogP contribution in [0.1, 0.15) is 27.7 Å². The number of hydrogen-bond acceptors (Lipinski definition) is 31. The molecule has 35 nitrogen and oxygen atoms in total. The Morgan fingerprint density at radius 3 is 0.886 bits per heavy atom. The summed E-state index contributed by atoms with van der Waals surface area (Å²) in [6.07, 6.45) is -48.0. The highest BCUT2D eigenvalue weighted by molar-refractivity contribution is 5.74. The molecule has 0 bridgehead atoms. The molecule has 0 aliphatic carbocycles. The van der Waals surface area contributed by atoms with Gasteiger partial charge >= 0.3 is 0 Å². The number of amides is 4. The van der Waals surface area contributed by atoms with Gasteiger partial charge in [0.2, 0.25) is 23.6 Å². The van der Waals surface area contributed by atoms with Crippen LogP contribution in [0, 0.1) is 0 Å². The van der Waals surface area contributed by atoms with Gasteiger partial charge in [0.25, 0.3) is 0 Å². The van der Waals surface area contributed by atoms with Crippen molar-refractivity contribution in [3.05, 3.63) is 0 Å². The third-order valence-corrected chi connectivity index (χ3v) is 14.0. The summed E-state index contributed by atoms with van der Waals surface area (Å²) in [5, 5.41) is 182. The summed E-state index contributed by atoms with van der Waals surface area (Å²) in [5.74, 6) is -3.24. The Kier molecular flexibility index (Phi) is 23.3. The second-order valence-electron chi connectivity index (χ2n) is 19.7. The molecular formula is C44H74N4O31. The Bertz CT molecular complexity index is 1990. The molecule has 6 aliphatic heterocycles. The van der Waals surface area contributed by atoms with E-state index in [2.05, 4.69) is 21.3 Å². The van der Waals surface area contributed by atoms with Crippen molar-refractivity contribution in [1.29, 1.82) is 0 Å². The van der Waals surface area contributed by atoms with E-state index in [1.165, 1.54) is 0 Å². The van der Waals surface area contributed by atoms with Gasteiger partial charge in [0.15, 0.2) is 37.7 Å². The minimum absolute atomic E-state index is 0.726. The lowest BCUT2D eigenvalue weighted by atomic mass is 9.93. The fourth-order valence-corrected chi connectivity index (χ4v) is 10.1. The SMILES string of the molecule is CC(=O)N[C@H]1[C@H](O[C@H]2[C@H](O)[C@@H](NC(C)=O)[C@H](O[C@H]3C(O)O[C@H](CO)[C@@H](O[C@@H]4O[C@H](CO)[C@H](O)[C@H](O)[C@H]4O)[C@@H]3O)O[C@@H]2CO)O[C@H](CO)[C@@H](O[C@@H]2O[C@H](CO)[C@@H](O[C@@H]3O[C@H](CO)[C@@H](O)[C@H](O)[C@H]3NC(C)=O)[C@H](O)[C@H]2NC(C)=O)[C@@H]1O. The maximum Gasteiger partial charge on any atom is 0.217 e. The molecule has 30 atom stereocenters. The first kappa shape index (κ1) is 65.0. The highest BCUT2D eigenvalue weighted by Gasteiger charge is 2.58. The number of carbonyl (C=O) groups excluding carboxylic acids is 4. The average molecular weight is 1160 g/mol. The zero-order chi connectivity index (χ0) is 58.5. The lowest BCUT2D eigenvalue weighted by Gasteiger charge is -2.51. The molecule has 0 aromatic carbocycles. The van der Waals surface area contributed by atoms with Crippen molar-refractivity contribution in [2.75, 3.05) is 39.6 Å². The van der Waals surface area contributed by atoms with Gasteiger partial charge in [-0.2, -0.15) is 0 Å². The summed E-state index contributed by atoms with van der Waals surface area (Å²) in [6, 6.07) is -6.81. The topological polar surface area (TPSA) is 542 Å². The van der Waals surface area contributed by atoms with Gasteiger partial charge < -0.3 is 155 Å². The van der Waals surface area contributed by atoms with Crippen LogP contribution >= 0.6 is 0 Å². The van der Waals surface area contributed by atoms with Crippen LogP contribution in [0.15, 0.2) is 0 Å². The molecule has 35 heteroatoms. The van der Waals surface area contributed by atoms with Crippen LogP contribution in [0.25, 0.3) is 0 Å². The Morgan fingerprint density at radius 1 is 0.304 bits per heavy atom. The Morgan fingerprint density at radius 2 is 0.557 bits per heavy atom. The van der Waals surface area contributed by atoms with Gasteiger partial charge in [-0.05, 0) is 0 Å². The monoisotopic (exact) mass is 1150 g/mol. The Balaban J connectivity index is 1.22. The Hall–Kier alpha value is -3.20. The molecule has 6 fully saturated rings. The molecule has 20 N–H and O–H groups in total. The largest absolute Gasteiger partial charge is 0.394 e. The van der Waals surface area contributed by atoms with E-state index in [0.717, 1.165) is 27.7 Å². The van der Waals surface area contributed by atoms with Crippen molar-refractivity contribution in [3.8, 4) is 0 Å². The molecule has 6 aliphatic rings. The highest BCUT2D eigenvalue weighted by Crippen LogP contribution is 2.37. The van der Waals surface area contributed by atoms with E-state index in [1.807, 2.05) is 0 Å². The number of aliphatic hydroxyl groups is 16. The van der Waals surface area contributed by atoms with Gasteiger partial charge in [0, 0.05) is 27.7 Å². The molecule has 6 saturated heterocycles. The first-order valence-corrected chi connectivity index (χ1v) is 25.1. The molecule has 1 unspecified atom stereocenters. The van der Waals surface area contributed by atoms with Gasteiger partial charge in [-0.1, -0.05) is 0 Å². The number of aliphatic hydroxyl groups excluding tert-OH is 16. The summed E-state index contributed by atoms with van der Waals surface area (Å²) in [4.78, 5) is 50.1. The predicted molar refractivity (Wildman–Crippen MR) is 246 cm³/mol. The minimum Gasteiger partial charge on any atom is -0.394 e. The van der Waals surface area contributed by atoms with Crippen LogP contribution < -0.4 is 21.3 Å². The Labute approximate surface area is 448 Å². The highest BCUT2D eigenvalue weighted by atomic mass is 16.8. The quantitative estimate of drug-likeness (QED) is 0.0538. The van der Waals surface area contributed by atoms with E-state index in [1.54, 1.807) is 0 Å². The standard InChI is InChI=1S/C44H74N4O31/c1-11(55)45-21-27(61)25(59)15(5-49)70-40(21)75-34-18(8-52)72-41(22(28(34)62)46-12(2)56)76-35-19(9-53)73-42(23(29(35)63)47-13(3)57)77-36-20(10-54)74-43(24(30(36)64)48-14(4)58)79-38-33(67)37(17(7-51)69-39(38)68)78-44-32(66)31(65)26(60)16(6-50)71-44/h15-44,49-54,59-68H,5-10H2,1-4H3,(H,45,55)(H,46,56)(H,47,57)(H,48,58)/t15-,16-,17-,18-,19-,20-,21-,22-,23-,24-,25-,26+,27-,28-,29-,30-,31+,32-,33+,34-,35-,36-,37-,38-,39?,40+,41+,42+,43+,44+/m1/s1. The number of ether oxygens (including phenoxy) is 11. The van der Waals surface area contributed by atoms with Gasteiger partial charge in [0.1, 0.15) is 146 Å². The third-order valence-electron chi connectivity index (χ3n) is 14.0. The van der Waals surface area contributed by atoms with Gasteiger partial charge in [0.05, 0.1) is 39.6 Å². The normalized spacial score (nSPS) is 46.7. The molecule has 6 rings (SSSR count). The maximum atomic E-state index is 12.7. The van der Waals surface area contributed by atoms with Crippen molar-refractivity contribution in [2.45, 2.75) is 212 Å². The van der Waals surface area contributed by atoms with Crippen molar-refractivity contribution in [3.63, 3.8) is 0 Å². The lowest BCUT2D eigenvalue weighted by molar-refractivity contribution is -0.383. The van der Waals surface area contributed by atoms with Crippen molar-refractivity contribution in [2.24, 2.45) is 0 Å².